The minimum absolute atomic E-state index is 0.540. The Morgan fingerprint density at radius 1 is 1.00 bits per heavy atom. The first-order valence-corrected chi connectivity index (χ1v) is 7.23. The summed E-state index contributed by atoms with van der Waals surface area (Å²) >= 11 is 0. The van der Waals surface area contributed by atoms with Gasteiger partial charge in [0, 0.05) is 51.3 Å². The molecule has 0 atom stereocenters. The van der Waals surface area contributed by atoms with Crippen molar-refractivity contribution in [2.45, 2.75) is 13.1 Å². The molecule has 0 amide bonds. The summed E-state index contributed by atoms with van der Waals surface area (Å²) in [6.45, 7) is 5.30. The number of nitrogens with two attached hydrogens (primary N) is 1. The van der Waals surface area contributed by atoms with Gasteiger partial charge in [0.2, 0.25) is 0 Å². The van der Waals surface area contributed by atoms with Gasteiger partial charge >= 0.3 is 0 Å². The lowest BCUT2D eigenvalue weighted by molar-refractivity contribution is 0.243. The fourth-order valence-corrected chi connectivity index (χ4v) is 2.47. The Labute approximate surface area is 124 Å². The van der Waals surface area contributed by atoms with Crippen LogP contribution in [0.4, 0.5) is 5.82 Å². The Bertz CT molecular complexity index is 548. The molecule has 0 spiro atoms. The maximum absolute atomic E-state index is 5.60. The predicted octanol–water partition coefficient (Wildman–Crippen LogP) is 0.652. The molecule has 1 aliphatic rings. The van der Waals surface area contributed by atoms with E-state index in [1.807, 2.05) is 18.3 Å². The number of rotatable bonds is 4. The summed E-state index contributed by atoms with van der Waals surface area (Å²) in [5.41, 5.74) is 6.67. The Morgan fingerprint density at radius 2 is 1.76 bits per heavy atom. The van der Waals surface area contributed by atoms with Crippen molar-refractivity contribution in [2.75, 3.05) is 31.1 Å². The van der Waals surface area contributed by atoms with Crippen molar-refractivity contribution in [3.05, 3.63) is 48.2 Å². The normalized spacial score (nSPS) is 16.1. The van der Waals surface area contributed by atoms with Crippen molar-refractivity contribution in [3.8, 4) is 0 Å². The highest BCUT2D eigenvalue weighted by atomic mass is 15.3. The monoisotopic (exact) mass is 284 g/mol. The van der Waals surface area contributed by atoms with Crippen molar-refractivity contribution < 1.29 is 0 Å². The molecule has 110 valence electrons. The molecule has 1 fully saturated rings. The summed E-state index contributed by atoms with van der Waals surface area (Å²) in [4.78, 5) is 17.7. The first kappa shape index (κ1) is 13.9. The summed E-state index contributed by atoms with van der Waals surface area (Å²) in [6.07, 6.45) is 5.45. The molecule has 6 heteroatoms. The second-order valence-electron chi connectivity index (χ2n) is 5.16. The number of hydrogen-bond acceptors (Lipinski definition) is 6. The van der Waals surface area contributed by atoms with Crippen LogP contribution in [0.2, 0.25) is 0 Å². The fourth-order valence-electron chi connectivity index (χ4n) is 2.47. The van der Waals surface area contributed by atoms with E-state index in [2.05, 4.69) is 30.8 Å². The Morgan fingerprint density at radius 3 is 2.38 bits per heavy atom. The number of piperazine rings is 1. The molecule has 0 unspecified atom stereocenters. The van der Waals surface area contributed by atoms with E-state index in [0.717, 1.165) is 49.9 Å². The first-order valence-electron chi connectivity index (χ1n) is 7.23. The van der Waals surface area contributed by atoms with Crippen LogP contribution in [0.15, 0.2) is 36.8 Å². The third-order valence-corrected chi connectivity index (χ3v) is 3.73. The molecule has 0 saturated carbocycles. The molecular weight excluding hydrogens is 264 g/mol. The van der Waals surface area contributed by atoms with Crippen LogP contribution < -0.4 is 10.6 Å². The van der Waals surface area contributed by atoms with Gasteiger partial charge in [-0.1, -0.05) is 6.07 Å². The van der Waals surface area contributed by atoms with Gasteiger partial charge in [-0.25, -0.2) is 15.0 Å². The Hall–Kier alpha value is -2.05. The molecule has 21 heavy (non-hydrogen) atoms. The molecule has 0 bridgehead atoms. The lowest BCUT2D eigenvalue weighted by Crippen LogP contribution is -2.46. The van der Waals surface area contributed by atoms with Gasteiger partial charge in [-0.3, -0.25) is 4.90 Å². The van der Waals surface area contributed by atoms with Crippen molar-refractivity contribution in [1.29, 1.82) is 0 Å². The standard InChI is InChI=1S/C15H20N6/c16-10-13-2-3-15(19-11-13)21-8-6-20(7-9-21)12-14-17-4-1-5-18-14/h1-5,11H,6-10,12,16H2. The molecule has 2 aromatic rings. The number of anilines is 1. The maximum atomic E-state index is 5.60. The average molecular weight is 284 g/mol. The minimum Gasteiger partial charge on any atom is -0.354 e. The molecule has 6 nitrogen and oxygen atoms in total. The summed E-state index contributed by atoms with van der Waals surface area (Å²) in [6, 6.07) is 5.95. The third-order valence-electron chi connectivity index (χ3n) is 3.73. The van der Waals surface area contributed by atoms with Gasteiger partial charge in [0.25, 0.3) is 0 Å². The molecule has 3 heterocycles. The maximum Gasteiger partial charge on any atom is 0.142 e. The zero-order chi connectivity index (χ0) is 14.5. The van der Waals surface area contributed by atoms with Crippen LogP contribution in [-0.4, -0.2) is 46.0 Å². The lowest BCUT2D eigenvalue weighted by Gasteiger charge is -2.35. The van der Waals surface area contributed by atoms with Crippen molar-refractivity contribution >= 4 is 5.82 Å². The molecule has 0 radical (unpaired) electrons. The van der Waals surface area contributed by atoms with Gasteiger partial charge in [-0.15, -0.1) is 0 Å². The van der Waals surface area contributed by atoms with Crippen molar-refractivity contribution in [1.82, 2.24) is 19.9 Å². The van der Waals surface area contributed by atoms with Crippen LogP contribution in [0.25, 0.3) is 0 Å². The SMILES string of the molecule is NCc1ccc(N2CCN(Cc3ncccn3)CC2)nc1. The van der Waals surface area contributed by atoms with Crippen LogP contribution in [0.3, 0.4) is 0 Å². The fraction of sp³-hybridized carbons (Fsp3) is 0.400. The van der Waals surface area contributed by atoms with Gasteiger partial charge in [0.15, 0.2) is 0 Å². The lowest BCUT2D eigenvalue weighted by atomic mass is 10.2. The van der Waals surface area contributed by atoms with Crippen LogP contribution >= 0.6 is 0 Å². The van der Waals surface area contributed by atoms with E-state index in [1.165, 1.54) is 0 Å². The topological polar surface area (TPSA) is 71.2 Å². The van der Waals surface area contributed by atoms with E-state index >= 15 is 0 Å². The molecule has 1 saturated heterocycles. The Kier molecular flexibility index (Phi) is 4.37. The van der Waals surface area contributed by atoms with E-state index in [1.54, 1.807) is 12.4 Å². The summed E-state index contributed by atoms with van der Waals surface area (Å²) in [7, 11) is 0. The first-order chi connectivity index (χ1) is 10.3. The third kappa shape index (κ3) is 3.53. The summed E-state index contributed by atoms with van der Waals surface area (Å²) in [5, 5.41) is 0. The van der Waals surface area contributed by atoms with Crippen molar-refractivity contribution in [2.24, 2.45) is 5.73 Å². The largest absolute Gasteiger partial charge is 0.354 e. The van der Waals surface area contributed by atoms with E-state index in [0.29, 0.717) is 6.54 Å². The molecule has 3 rings (SSSR count). The zero-order valence-electron chi connectivity index (χ0n) is 12.0. The quantitative estimate of drug-likeness (QED) is 0.889. The van der Waals surface area contributed by atoms with E-state index in [4.69, 9.17) is 5.73 Å². The summed E-state index contributed by atoms with van der Waals surface area (Å²) in [5.74, 6) is 1.92. The van der Waals surface area contributed by atoms with Gasteiger partial charge < -0.3 is 10.6 Å². The summed E-state index contributed by atoms with van der Waals surface area (Å²) < 4.78 is 0. The smallest absolute Gasteiger partial charge is 0.142 e. The minimum atomic E-state index is 0.540. The van der Waals surface area contributed by atoms with Crippen LogP contribution in [0, 0.1) is 0 Å². The zero-order valence-corrected chi connectivity index (χ0v) is 12.0. The van der Waals surface area contributed by atoms with Gasteiger partial charge in [-0.2, -0.15) is 0 Å². The van der Waals surface area contributed by atoms with E-state index in [9.17, 15) is 0 Å². The molecule has 2 N–H and O–H groups in total. The second-order valence-corrected chi connectivity index (χ2v) is 5.16. The van der Waals surface area contributed by atoms with Crippen LogP contribution in [0.5, 0.6) is 0 Å². The van der Waals surface area contributed by atoms with E-state index < -0.39 is 0 Å². The Balaban J connectivity index is 1.54. The van der Waals surface area contributed by atoms with Crippen LogP contribution in [0.1, 0.15) is 11.4 Å². The molecule has 1 aliphatic heterocycles. The number of hydrogen-bond donors (Lipinski definition) is 1. The predicted molar refractivity (Wildman–Crippen MR) is 81.7 cm³/mol. The average Bonchev–Trinajstić information content (AvgIpc) is 2.57. The number of nitrogens with zero attached hydrogens (tertiary/aromatic N) is 5. The van der Waals surface area contributed by atoms with Crippen LogP contribution in [-0.2, 0) is 13.1 Å². The molecule has 0 aliphatic carbocycles. The molecule has 0 aromatic carbocycles. The van der Waals surface area contributed by atoms with Gasteiger partial charge in [0.05, 0.1) is 6.54 Å². The highest BCUT2D eigenvalue weighted by Gasteiger charge is 2.18. The molecular formula is C15H20N6. The molecule has 2 aromatic heterocycles. The number of pyridine rings is 1. The van der Waals surface area contributed by atoms with Crippen molar-refractivity contribution in [3.63, 3.8) is 0 Å². The van der Waals surface area contributed by atoms with Gasteiger partial charge in [0.1, 0.15) is 11.6 Å². The highest BCUT2D eigenvalue weighted by Crippen LogP contribution is 2.14. The second kappa shape index (κ2) is 6.60. The van der Waals surface area contributed by atoms with E-state index in [-0.39, 0.29) is 0 Å². The highest BCUT2D eigenvalue weighted by molar-refractivity contribution is 5.39. The van der Waals surface area contributed by atoms with Gasteiger partial charge in [-0.05, 0) is 17.7 Å². The number of aromatic nitrogens is 3.